The van der Waals surface area contributed by atoms with Crippen LogP contribution in [0.1, 0.15) is 41.7 Å². The molecule has 1 saturated heterocycles. The minimum Gasteiger partial charge on any atom is -0.486 e. The lowest BCUT2D eigenvalue weighted by atomic mass is 10.0. The summed E-state index contributed by atoms with van der Waals surface area (Å²) < 4.78 is 11.3. The van der Waals surface area contributed by atoms with Crippen molar-refractivity contribution in [3.05, 3.63) is 57.6 Å². The molecule has 0 aromatic heterocycles. The third kappa shape index (κ3) is 3.20. The Kier molecular flexibility index (Phi) is 4.43. The average molecular weight is 368 g/mol. The van der Waals surface area contributed by atoms with Gasteiger partial charge in [0.05, 0.1) is 11.0 Å². The maximum absolute atomic E-state index is 11.6. The molecule has 140 valence electrons. The highest BCUT2D eigenvalue weighted by molar-refractivity contribution is 5.95. The van der Waals surface area contributed by atoms with Gasteiger partial charge >= 0.3 is 0 Å². The third-order valence-corrected chi connectivity index (χ3v) is 5.09. The number of nitro benzene ring substituents is 1. The maximum Gasteiger partial charge on any atom is 0.293 e. The summed E-state index contributed by atoms with van der Waals surface area (Å²) in [6.45, 7) is 3.19. The number of ketones is 1. The molecule has 2 aromatic carbocycles. The Morgan fingerprint density at radius 3 is 2.67 bits per heavy atom. The predicted octanol–water partition coefficient (Wildman–Crippen LogP) is 3.91. The Bertz CT molecular complexity index is 911. The zero-order valence-electron chi connectivity index (χ0n) is 15.0. The summed E-state index contributed by atoms with van der Waals surface area (Å²) in [6.07, 6.45) is 1.83. The predicted molar refractivity (Wildman–Crippen MR) is 99.9 cm³/mol. The van der Waals surface area contributed by atoms with Crippen molar-refractivity contribution in [1.82, 2.24) is 0 Å². The molecule has 0 aliphatic carbocycles. The molecule has 0 bridgehead atoms. The van der Waals surface area contributed by atoms with Crippen molar-refractivity contribution in [2.45, 2.75) is 25.8 Å². The second kappa shape index (κ2) is 6.90. The first-order chi connectivity index (χ1) is 13.0. The topological polar surface area (TPSA) is 81.9 Å². The highest BCUT2D eigenvalue weighted by atomic mass is 16.6. The zero-order valence-corrected chi connectivity index (χ0v) is 15.0. The van der Waals surface area contributed by atoms with Crippen LogP contribution in [-0.4, -0.2) is 30.5 Å². The van der Waals surface area contributed by atoms with Crippen LogP contribution in [0.15, 0.2) is 36.4 Å². The normalized spacial score (nSPS) is 18.4. The zero-order chi connectivity index (χ0) is 19.0. The number of anilines is 1. The number of hydrogen-bond acceptors (Lipinski definition) is 6. The molecule has 27 heavy (non-hydrogen) atoms. The van der Waals surface area contributed by atoms with E-state index < -0.39 is 4.92 Å². The number of ether oxygens (including phenoxy) is 2. The van der Waals surface area contributed by atoms with Gasteiger partial charge in [-0.05, 0) is 49.6 Å². The Balaban J connectivity index is 1.71. The molecule has 2 aromatic rings. The first-order valence-corrected chi connectivity index (χ1v) is 9.00. The summed E-state index contributed by atoms with van der Waals surface area (Å²) in [7, 11) is 0. The standard InChI is InChI=1S/C20H20N2O5/c1-13(23)14-4-6-17(18(11-14)22(24)25)21-8-2-3-16(21)15-5-7-19-20(12-15)27-10-9-26-19/h4-7,11-12,16H,2-3,8-10H2,1H3/t16-/m0/s1. The Hall–Kier alpha value is -3.09. The Morgan fingerprint density at radius 2 is 1.93 bits per heavy atom. The lowest BCUT2D eigenvalue weighted by molar-refractivity contribution is -0.384. The molecule has 0 N–H and O–H groups in total. The van der Waals surface area contributed by atoms with Gasteiger partial charge in [0.1, 0.15) is 18.9 Å². The molecule has 2 aliphatic rings. The second-order valence-electron chi connectivity index (χ2n) is 6.77. The molecule has 0 amide bonds. The quantitative estimate of drug-likeness (QED) is 0.462. The fraction of sp³-hybridized carbons (Fsp3) is 0.350. The van der Waals surface area contributed by atoms with Crippen LogP contribution in [0.5, 0.6) is 11.5 Å². The van der Waals surface area contributed by atoms with Crippen molar-refractivity contribution in [3.63, 3.8) is 0 Å². The highest BCUT2D eigenvalue weighted by Crippen LogP contribution is 2.43. The molecular formula is C20H20N2O5. The Morgan fingerprint density at radius 1 is 1.15 bits per heavy atom. The van der Waals surface area contributed by atoms with Crippen molar-refractivity contribution in [2.75, 3.05) is 24.7 Å². The van der Waals surface area contributed by atoms with E-state index in [2.05, 4.69) is 0 Å². The van der Waals surface area contributed by atoms with Crippen molar-refractivity contribution in [1.29, 1.82) is 0 Å². The first-order valence-electron chi connectivity index (χ1n) is 9.00. The van der Waals surface area contributed by atoms with Crippen LogP contribution in [-0.2, 0) is 0 Å². The van der Waals surface area contributed by atoms with E-state index in [0.717, 1.165) is 30.7 Å². The number of nitro groups is 1. The molecule has 1 fully saturated rings. The minimum absolute atomic E-state index is 0.0164. The molecule has 7 heteroatoms. The summed E-state index contributed by atoms with van der Waals surface area (Å²) in [6, 6.07) is 10.6. The van der Waals surface area contributed by atoms with Crippen LogP contribution in [0.25, 0.3) is 0 Å². The van der Waals surface area contributed by atoms with Gasteiger partial charge in [-0.1, -0.05) is 6.07 Å². The molecular weight excluding hydrogens is 348 g/mol. The molecule has 4 rings (SSSR count). The van der Waals surface area contributed by atoms with Gasteiger partial charge in [-0.2, -0.15) is 0 Å². The molecule has 0 radical (unpaired) electrons. The SMILES string of the molecule is CC(=O)c1ccc(N2CCC[C@H]2c2ccc3c(c2)OCCO3)c([N+](=O)[O-])c1. The number of carbonyl (C=O) groups excluding carboxylic acids is 1. The fourth-order valence-corrected chi connectivity index (χ4v) is 3.80. The van der Waals surface area contributed by atoms with Crippen LogP contribution >= 0.6 is 0 Å². The van der Waals surface area contributed by atoms with E-state index in [4.69, 9.17) is 9.47 Å². The van der Waals surface area contributed by atoms with Gasteiger partial charge in [0.15, 0.2) is 17.3 Å². The third-order valence-electron chi connectivity index (χ3n) is 5.09. The second-order valence-corrected chi connectivity index (χ2v) is 6.77. The minimum atomic E-state index is -0.416. The molecule has 0 saturated carbocycles. The highest BCUT2D eigenvalue weighted by Gasteiger charge is 2.32. The van der Waals surface area contributed by atoms with Gasteiger partial charge in [0, 0.05) is 18.2 Å². The molecule has 0 unspecified atom stereocenters. The number of hydrogen-bond donors (Lipinski definition) is 0. The van der Waals surface area contributed by atoms with Crippen molar-refractivity contribution >= 4 is 17.2 Å². The van der Waals surface area contributed by atoms with Crippen molar-refractivity contribution < 1.29 is 19.2 Å². The molecule has 7 nitrogen and oxygen atoms in total. The van der Waals surface area contributed by atoms with E-state index in [0.29, 0.717) is 30.2 Å². The van der Waals surface area contributed by atoms with Gasteiger partial charge in [0.25, 0.3) is 5.69 Å². The van der Waals surface area contributed by atoms with E-state index in [-0.39, 0.29) is 17.5 Å². The van der Waals surface area contributed by atoms with Crippen molar-refractivity contribution in [3.8, 4) is 11.5 Å². The molecule has 0 spiro atoms. The molecule has 1 atom stereocenters. The number of rotatable bonds is 4. The largest absolute Gasteiger partial charge is 0.486 e. The van der Waals surface area contributed by atoms with Crippen LogP contribution in [0.4, 0.5) is 11.4 Å². The number of benzene rings is 2. The van der Waals surface area contributed by atoms with Crippen LogP contribution < -0.4 is 14.4 Å². The van der Waals surface area contributed by atoms with E-state index in [1.54, 1.807) is 12.1 Å². The lowest BCUT2D eigenvalue weighted by Crippen LogP contribution is -2.24. The summed E-state index contributed by atoms with van der Waals surface area (Å²) in [5, 5.41) is 11.6. The summed E-state index contributed by atoms with van der Waals surface area (Å²) in [5.41, 5.74) is 1.90. The van der Waals surface area contributed by atoms with Gasteiger partial charge in [-0.15, -0.1) is 0 Å². The number of fused-ring (bicyclic) bond motifs is 1. The summed E-state index contributed by atoms with van der Waals surface area (Å²) >= 11 is 0. The molecule has 2 aliphatic heterocycles. The van der Waals surface area contributed by atoms with Gasteiger partial charge in [0.2, 0.25) is 0 Å². The van der Waals surface area contributed by atoms with E-state index in [9.17, 15) is 14.9 Å². The first kappa shape index (κ1) is 17.3. The number of Topliss-reactive ketones (excluding diaryl/α,β-unsaturated/α-hetero) is 1. The van der Waals surface area contributed by atoms with E-state index >= 15 is 0 Å². The summed E-state index contributed by atoms with van der Waals surface area (Å²) in [4.78, 5) is 24.9. The number of nitrogens with zero attached hydrogens (tertiary/aromatic N) is 2. The van der Waals surface area contributed by atoms with E-state index in [1.807, 2.05) is 23.1 Å². The lowest BCUT2D eigenvalue weighted by Gasteiger charge is -2.28. The Labute approximate surface area is 156 Å². The van der Waals surface area contributed by atoms with Crippen LogP contribution in [0.2, 0.25) is 0 Å². The van der Waals surface area contributed by atoms with Crippen molar-refractivity contribution in [2.24, 2.45) is 0 Å². The van der Waals surface area contributed by atoms with Gasteiger partial charge in [-0.25, -0.2) is 0 Å². The maximum atomic E-state index is 11.6. The van der Waals surface area contributed by atoms with Gasteiger partial charge in [-0.3, -0.25) is 14.9 Å². The summed E-state index contributed by atoms with van der Waals surface area (Å²) in [5.74, 6) is 1.26. The fourth-order valence-electron chi connectivity index (χ4n) is 3.80. The number of carbonyl (C=O) groups is 1. The van der Waals surface area contributed by atoms with Crippen LogP contribution in [0.3, 0.4) is 0 Å². The van der Waals surface area contributed by atoms with Crippen LogP contribution in [0, 0.1) is 10.1 Å². The molecule has 2 heterocycles. The van der Waals surface area contributed by atoms with E-state index in [1.165, 1.54) is 13.0 Å². The van der Waals surface area contributed by atoms with Gasteiger partial charge < -0.3 is 14.4 Å². The monoisotopic (exact) mass is 368 g/mol. The smallest absolute Gasteiger partial charge is 0.293 e. The average Bonchev–Trinajstić information content (AvgIpc) is 3.16.